The third-order valence-electron chi connectivity index (χ3n) is 2.12. The van der Waals surface area contributed by atoms with Crippen LogP contribution < -0.4 is 10.5 Å². The van der Waals surface area contributed by atoms with E-state index in [4.69, 9.17) is 10.5 Å². The van der Waals surface area contributed by atoms with Gasteiger partial charge in [0.05, 0.1) is 11.6 Å². The molecule has 78 valence electrons. The molecule has 1 aromatic carbocycles. The second-order valence-electron chi connectivity index (χ2n) is 3.33. The van der Waals surface area contributed by atoms with Crippen molar-refractivity contribution in [2.45, 2.75) is 19.8 Å². The van der Waals surface area contributed by atoms with Gasteiger partial charge < -0.3 is 10.5 Å². The molecule has 0 saturated carbocycles. The molecule has 2 N–H and O–H groups in total. The van der Waals surface area contributed by atoms with E-state index >= 15 is 0 Å². The molecule has 0 spiro atoms. The van der Waals surface area contributed by atoms with Gasteiger partial charge in [0.2, 0.25) is 0 Å². The van der Waals surface area contributed by atoms with Crippen molar-refractivity contribution in [3.05, 3.63) is 27.7 Å². The fourth-order valence-electron chi connectivity index (χ4n) is 1.51. The van der Waals surface area contributed by atoms with Gasteiger partial charge in [-0.05, 0) is 59.4 Å². The summed E-state index contributed by atoms with van der Waals surface area (Å²) in [5, 5.41) is 0. The zero-order chi connectivity index (χ0) is 10.6. The molecule has 0 atom stereocenters. The van der Waals surface area contributed by atoms with Gasteiger partial charge in [-0.2, -0.15) is 0 Å². The van der Waals surface area contributed by atoms with Crippen LogP contribution in [0.2, 0.25) is 0 Å². The number of hydrogen-bond acceptors (Lipinski definition) is 2. The molecule has 0 aliphatic rings. The molecule has 1 aromatic rings. The lowest BCUT2D eigenvalue weighted by Crippen LogP contribution is -2.02. The summed E-state index contributed by atoms with van der Waals surface area (Å²) in [4.78, 5) is 0. The summed E-state index contributed by atoms with van der Waals surface area (Å²) in [6.45, 7) is 2.80. The van der Waals surface area contributed by atoms with Crippen LogP contribution in [0.4, 0.5) is 0 Å². The van der Waals surface area contributed by atoms with E-state index in [1.54, 1.807) is 7.11 Å². The standard InChI is InChI=1S/C11H16BrNO/c1-8-6-9(4-3-5-13)11(14-2)10(12)7-8/h6-7H,3-5,13H2,1-2H3. The van der Waals surface area contributed by atoms with Gasteiger partial charge in [0.1, 0.15) is 5.75 Å². The molecule has 0 fully saturated rings. The largest absolute Gasteiger partial charge is 0.495 e. The van der Waals surface area contributed by atoms with Gasteiger partial charge in [-0.1, -0.05) is 6.07 Å². The summed E-state index contributed by atoms with van der Waals surface area (Å²) < 4.78 is 6.36. The zero-order valence-corrected chi connectivity index (χ0v) is 10.2. The number of benzene rings is 1. The molecule has 1 rings (SSSR count). The van der Waals surface area contributed by atoms with E-state index in [1.807, 2.05) is 0 Å². The van der Waals surface area contributed by atoms with Crippen LogP contribution in [0.5, 0.6) is 5.75 Å². The molecule has 0 bridgehead atoms. The molecule has 0 aromatic heterocycles. The van der Waals surface area contributed by atoms with Gasteiger partial charge >= 0.3 is 0 Å². The Morgan fingerprint density at radius 2 is 2.14 bits per heavy atom. The fraction of sp³-hybridized carbons (Fsp3) is 0.455. The molecular weight excluding hydrogens is 242 g/mol. The first-order valence-electron chi connectivity index (χ1n) is 4.72. The van der Waals surface area contributed by atoms with Gasteiger partial charge in [-0.25, -0.2) is 0 Å². The minimum atomic E-state index is 0.717. The van der Waals surface area contributed by atoms with Crippen molar-refractivity contribution >= 4 is 15.9 Å². The number of rotatable bonds is 4. The minimum absolute atomic E-state index is 0.717. The molecule has 0 saturated heterocycles. The Labute approximate surface area is 93.6 Å². The van der Waals surface area contributed by atoms with E-state index in [0.29, 0.717) is 6.54 Å². The molecule has 3 heteroatoms. The molecule has 0 radical (unpaired) electrons. The van der Waals surface area contributed by atoms with Crippen LogP contribution in [0.25, 0.3) is 0 Å². The molecule has 0 heterocycles. The topological polar surface area (TPSA) is 35.2 Å². The summed E-state index contributed by atoms with van der Waals surface area (Å²) in [5.41, 5.74) is 7.96. The molecule has 0 aliphatic heterocycles. The Kier molecular flexibility index (Phi) is 4.42. The Morgan fingerprint density at radius 3 is 2.71 bits per heavy atom. The summed E-state index contributed by atoms with van der Waals surface area (Å²) in [7, 11) is 1.70. The maximum absolute atomic E-state index is 5.49. The average molecular weight is 258 g/mol. The van der Waals surface area contributed by atoms with Crippen LogP contribution in [0, 0.1) is 6.92 Å². The molecule has 0 unspecified atom stereocenters. The fourth-order valence-corrected chi connectivity index (χ4v) is 2.29. The number of hydrogen-bond donors (Lipinski definition) is 1. The van der Waals surface area contributed by atoms with Crippen LogP contribution in [-0.2, 0) is 6.42 Å². The quantitative estimate of drug-likeness (QED) is 0.901. The van der Waals surface area contributed by atoms with Crippen molar-refractivity contribution in [1.29, 1.82) is 0 Å². The highest BCUT2D eigenvalue weighted by Crippen LogP contribution is 2.31. The lowest BCUT2D eigenvalue weighted by Gasteiger charge is -2.11. The number of aryl methyl sites for hydroxylation is 2. The lowest BCUT2D eigenvalue weighted by atomic mass is 10.1. The summed E-state index contributed by atoms with van der Waals surface area (Å²) >= 11 is 3.49. The normalized spacial score (nSPS) is 10.3. The lowest BCUT2D eigenvalue weighted by molar-refractivity contribution is 0.406. The van der Waals surface area contributed by atoms with Gasteiger partial charge in [-0.15, -0.1) is 0 Å². The number of nitrogens with two attached hydrogens (primary N) is 1. The van der Waals surface area contributed by atoms with Gasteiger partial charge in [0.15, 0.2) is 0 Å². The minimum Gasteiger partial charge on any atom is -0.495 e. The van der Waals surface area contributed by atoms with Crippen LogP contribution in [0.15, 0.2) is 16.6 Å². The molecule has 0 aliphatic carbocycles. The van der Waals surface area contributed by atoms with E-state index in [-0.39, 0.29) is 0 Å². The third kappa shape index (κ3) is 2.72. The highest BCUT2D eigenvalue weighted by Gasteiger charge is 2.07. The first-order chi connectivity index (χ1) is 6.69. The number of halogens is 1. The first-order valence-corrected chi connectivity index (χ1v) is 5.51. The summed E-state index contributed by atoms with van der Waals surface area (Å²) in [6, 6.07) is 4.21. The monoisotopic (exact) mass is 257 g/mol. The molecule has 0 amide bonds. The molecule has 2 nitrogen and oxygen atoms in total. The maximum atomic E-state index is 5.49. The first kappa shape index (κ1) is 11.5. The predicted octanol–water partition coefficient (Wildman–Crippen LogP) is 2.66. The van der Waals surface area contributed by atoms with Crippen molar-refractivity contribution < 1.29 is 4.74 Å². The Hall–Kier alpha value is -0.540. The second-order valence-corrected chi connectivity index (χ2v) is 4.19. The van der Waals surface area contributed by atoms with E-state index in [1.165, 1.54) is 11.1 Å². The van der Waals surface area contributed by atoms with Crippen molar-refractivity contribution in [3.8, 4) is 5.75 Å². The Balaban J connectivity index is 2.99. The average Bonchev–Trinajstić information content (AvgIpc) is 2.14. The predicted molar refractivity (Wildman–Crippen MR) is 62.8 cm³/mol. The van der Waals surface area contributed by atoms with Crippen molar-refractivity contribution in [3.63, 3.8) is 0 Å². The van der Waals surface area contributed by atoms with E-state index in [9.17, 15) is 0 Å². The summed E-state index contributed by atoms with van der Waals surface area (Å²) in [6.07, 6.45) is 1.96. The zero-order valence-electron chi connectivity index (χ0n) is 8.64. The third-order valence-corrected chi connectivity index (χ3v) is 2.71. The summed E-state index contributed by atoms with van der Waals surface area (Å²) in [5.74, 6) is 0.934. The van der Waals surface area contributed by atoms with Crippen LogP contribution in [-0.4, -0.2) is 13.7 Å². The smallest absolute Gasteiger partial charge is 0.136 e. The highest BCUT2D eigenvalue weighted by molar-refractivity contribution is 9.10. The Morgan fingerprint density at radius 1 is 1.43 bits per heavy atom. The van der Waals surface area contributed by atoms with Gasteiger partial charge in [-0.3, -0.25) is 0 Å². The van der Waals surface area contributed by atoms with Crippen LogP contribution in [0.1, 0.15) is 17.5 Å². The van der Waals surface area contributed by atoms with E-state index in [2.05, 4.69) is 35.0 Å². The number of methoxy groups -OCH3 is 1. The van der Waals surface area contributed by atoms with Crippen molar-refractivity contribution in [1.82, 2.24) is 0 Å². The van der Waals surface area contributed by atoms with Crippen molar-refractivity contribution in [2.75, 3.05) is 13.7 Å². The highest BCUT2D eigenvalue weighted by atomic mass is 79.9. The SMILES string of the molecule is COc1c(Br)cc(C)cc1CCCN. The van der Waals surface area contributed by atoms with E-state index < -0.39 is 0 Å². The van der Waals surface area contributed by atoms with Crippen molar-refractivity contribution in [2.24, 2.45) is 5.73 Å². The van der Waals surface area contributed by atoms with Gasteiger partial charge in [0, 0.05) is 0 Å². The van der Waals surface area contributed by atoms with E-state index in [0.717, 1.165) is 23.1 Å². The van der Waals surface area contributed by atoms with Crippen LogP contribution in [0.3, 0.4) is 0 Å². The molecule has 14 heavy (non-hydrogen) atoms. The van der Waals surface area contributed by atoms with Crippen LogP contribution >= 0.6 is 15.9 Å². The number of ether oxygens (including phenoxy) is 1. The molecular formula is C11H16BrNO. The van der Waals surface area contributed by atoms with Gasteiger partial charge in [0.25, 0.3) is 0 Å². The maximum Gasteiger partial charge on any atom is 0.136 e. The Bertz CT molecular complexity index is 312. The second kappa shape index (κ2) is 5.37.